The Hall–Kier alpha value is -0.620. The zero-order valence-corrected chi connectivity index (χ0v) is 19.0. The zero-order valence-electron chi connectivity index (χ0n) is 15.9. The number of carbonyl (C=O) groups excluding carboxylic acids is 1. The highest BCUT2D eigenvalue weighted by Crippen LogP contribution is 2.35. The molecule has 3 N–H and O–H groups in total. The molecule has 1 unspecified atom stereocenters. The first-order valence-corrected chi connectivity index (χ1v) is 10.7. The molecule has 1 amide bonds. The lowest BCUT2D eigenvalue weighted by molar-refractivity contribution is -0.119. The van der Waals surface area contributed by atoms with E-state index >= 15 is 0 Å². The van der Waals surface area contributed by atoms with Crippen LogP contribution in [0.1, 0.15) is 40.0 Å². The number of carbonyl (C=O) groups is 1. The van der Waals surface area contributed by atoms with Crippen molar-refractivity contribution >= 4 is 45.9 Å². The quantitative estimate of drug-likeness (QED) is 0.280. The van der Waals surface area contributed by atoms with Gasteiger partial charge in [0.05, 0.1) is 12.3 Å². The lowest BCUT2D eigenvalue weighted by Crippen LogP contribution is -2.51. The summed E-state index contributed by atoms with van der Waals surface area (Å²) in [5, 5.41) is 6.19. The number of sulfonamides is 1. The third kappa shape index (κ3) is 6.84. The van der Waals surface area contributed by atoms with Gasteiger partial charge in [-0.05, 0) is 33.6 Å². The number of piperidine rings is 1. The van der Waals surface area contributed by atoms with E-state index in [0.29, 0.717) is 13.0 Å². The van der Waals surface area contributed by atoms with Crippen molar-refractivity contribution < 1.29 is 13.2 Å². The predicted molar refractivity (Wildman–Crippen MR) is 114 cm³/mol. The van der Waals surface area contributed by atoms with Gasteiger partial charge in [-0.1, -0.05) is 0 Å². The molecule has 0 bridgehead atoms. The van der Waals surface area contributed by atoms with Crippen LogP contribution >= 0.6 is 24.0 Å². The number of rotatable bonds is 6. The van der Waals surface area contributed by atoms with Gasteiger partial charge in [0.2, 0.25) is 15.9 Å². The maximum atomic E-state index is 11.9. The van der Waals surface area contributed by atoms with Crippen LogP contribution in [0.25, 0.3) is 0 Å². The van der Waals surface area contributed by atoms with Gasteiger partial charge in [-0.3, -0.25) is 9.79 Å². The molecule has 2 saturated heterocycles. The summed E-state index contributed by atoms with van der Waals surface area (Å²) in [5.41, 5.74) is -0.0171. The molecule has 0 radical (unpaired) electrons. The van der Waals surface area contributed by atoms with Crippen LogP contribution in [0.5, 0.6) is 0 Å². The molecule has 26 heavy (non-hydrogen) atoms. The Bertz CT molecular complexity index is 611. The molecule has 1 spiro atoms. The molecule has 0 aromatic carbocycles. The monoisotopic (exact) mass is 501 g/mol. The van der Waals surface area contributed by atoms with E-state index in [9.17, 15) is 13.2 Å². The van der Waals surface area contributed by atoms with E-state index in [1.807, 2.05) is 6.92 Å². The Labute approximate surface area is 174 Å². The van der Waals surface area contributed by atoms with Crippen LogP contribution in [-0.4, -0.2) is 69.7 Å². The van der Waals surface area contributed by atoms with Crippen LogP contribution in [0.15, 0.2) is 4.99 Å². The van der Waals surface area contributed by atoms with Crippen LogP contribution in [0, 0.1) is 5.41 Å². The van der Waals surface area contributed by atoms with Gasteiger partial charge < -0.3 is 15.5 Å². The van der Waals surface area contributed by atoms with Gasteiger partial charge in [-0.2, -0.15) is 0 Å². The minimum absolute atomic E-state index is 0. The summed E-state index contributed by atoms with van der Waals surface area (Å²) in [6.45, 7) is 8.89. The molecule has 0 aromatic heterocycles. The van der Waals surface area contributed by atoms with Crippen molar-refractivity contribution in [3.05, 3.63) is 0 Å². The minimum atomic E-state index is -3.31. The molecule has 2 fully saturated rings. The van der Waals surface area contributed by atoms with Crippen LogP contribution in [-0.2, 0) is 14.8 Å². The molecule has 0 aromatic rings. The van der Waals surface area contributed by atoms with Crippen LogP contribution in [0.2, 0.25) is 0 Å². The molecule has 2 aliphatic rings. The molecule has 2 rings (SSSR count). The van der Waals surface area contributed by atoms with Crippen molar-refractivity contribution in [1.29, 1.82) is 0 Å². The molecule has 1 atom stereocenters. The Morgan fingerprint density at radius 3 is 2.73 bits per heavy atom. The third-order valence-electron chi connectivity index (χ3n) is 4.53. The fourth-order valence-electron chi connectivity index (χ4n) is 3.54. The number of nitrogens with zero attached hydrogens (tertiary/aromatic N) is 2. The van der Waals surface area contributed by atoms with Crippen molar-refractivity contribution in [2.75, 3.05) is 38.5 Å². The average Bonchev–Trinajstić information content (AvgIpc) is 2.85. The minimum Gasteiger partial charge on any atom is -0.357 e. The number of nitrogens with one attached hydrogen (secondary N) is 3. The Morgan fingerprint density at radius 1 is 1.42 bits per heavy atom. The number of hydrogen-bond donors (Lipinski definition) is 3. The predicted octanol–water partition coefficient (Wildman–Crippen LogP) is 0.500. The maximum absolute atomic E-state index is 11.9. The molecule has 2 heterocycles. The summed E-state index contributed by atoms with van der Waals surface area (Å²) in [5.74, 6) is 0.828. The van der Waals surface area contributed by atoms with Gasteiger partial charge in [-0.25, -0.2) is 13.1 Å². The molecular formula is C16H32IN5O3S. The Morgan fingerprint density at radius 2 is 2.15 bits per heavy atom. The summed E-state index contributed by atoms with van der Waals surface area (Å²) < 4.78 is 26.4. The second-order valence-corrected chi connectivity index (χ2v) is 9.18. The Kier molecular flexibility index (Phi) is 9.07. The molecule has 10 heteroatoms. The van der Waals surface area contributed by atoms with E-state index in [1.54, 1.807) is 13.8 Å². The molecule has 0 saturated carbocycles. The zero-order chi connectivity index (χ0) is 18.5. The first-order chi connectivity index (χ1) is 11.8. The molecular weight excluding hydrogens is 469 g/mol. The number of aliphatic imine (C=N–C) groups is 1. The van der Waals surface area contributed by atoms with Crippen molar-refractivity contribution in [1.82, 2.24) is 20.3 Å². The van der Waals surface area contributed by atoms with E-state index in [1.165, 1.54) is 0 Å². The first-order valence-electron chi connectivity index (χ1n) is 9.05. The third-order valence-corrected chi connectivity index (χ3v) is 6.08. The summed E-state index contributed by atoms with van der Waals surface area (Å²) in [6, 6.07) is -0.114. The van der Waals surface area contributed by atoms with Crippen molar-refractivity contribution in [3.8, 4) is 0 Å². The summed E-state index contributed by atoms with van der Waals surface area (Å²) in [7, 11) is -3.31. The highest BCUT2D eigenvalue weighted by Gasteiger charge is 2.42. The highest BCUT2D eigenvalue weighted by atomic mass is 127. The van der Waals surface area contributed by atoms with Crippen LogP contribution in [0.3, 0.4) is 0 Å². The fourth-order valence-corrected chi connectivity index (χ4v) is 4.71. The average molecular weight is 501 g/mol. The number of guanidine groups is 1. The second kappa shape index (κ2) is 10.1. The van der Waals surface area contributed by atoms with Crippen LogP contribution < -0.4 is 15.4 Å². The van der Waals surface area contributed by atoms with Gasteiger partial charge in [0, 0.05) is 44.1 Å². The van der Waals surface area contributed by atoms with E-state index in [-0.39, 0.29) is 53.6 Å². The van der Waals surface area contributed by atoms with Crippen LogP contribution in [0.4, 0.5) is 0 Å². The van der Waals surface area contributed by atoms with Gasteiger partial charge in [0.25, 0.3) is 0 Å². The lowest BCUT2D eigenvalue weighted by Gasteiger charge is -2.40. The van der Waals surface area contributed by atoms with E-state index < -0.39 is 10.0 Å². The fraction of sp³-hybridized carbons (Fsp3) is 0.875. The number of hydrogen-bond acceptors (Lipinski definition) is 4. The number of amides is 1. The van der Waals surface area contributed by atoms with E-state index in [4.69, 9.17) is 0 Å². The topological polar surface area (TPSA) is 103 Å². The van der Waals surface area contributed by atoms with Crippen molar-refractivity contribution in [3.63, 3.8) is 0 Å². The largest absolute Gasteiger partial charge is 0.357 e. The normalized spacial score (nSPS) is 23.9. The maximum Gasteiger partial charge on any atom is 0.220 e. The van der Waals surface area contributed by atoms with Gasteiger partial charge in [0.1, 0.15) is 0 Å². The van der Waals surface area contributed by atoms with E-state index in [0.717, 1.165) is 38.4 Å². The first kappa shape index (κ1) is 23.4. The SMILES string of the molecule is CCNC(=NCCS(=O)(=O)NC(C)C)N1CCCC2(CNC(=O)C2)C1.I. The molecule has 152 valence electrons. The van der Waals surface area contributed by atoms with Gasteiger partial charge >= 0.3 is 0 Å². The lowest BCUT2D eigenvalue weighted by atomic mass is 9.79. The summed E-state index contributed by atoms with van der Waals surface area (Å²) >= 11 is 0. The van der Waals surface area contributed by atoms with Crippen molar-refractivity contribution in [2.24, 2.45) is 10.4 Å². The molecule has 8 nitrogen and oxygen atoms in total. The van der Waals surface area contributed by atoms with Gasteiger partial charge in [-0.15, -0.1) is 24.0 Å². The van der Waals surface area contributed by atoms with Crippen molar-refractivity contribution in [2.45, 2.75) is 46.1 Å². The highest BCUT2D eigenvalue weighted by molar-refractivity contribution is 14.0. The number of halogens is 1. The second-order valence-electron chi connectivity index (χ2n) is 7.31. The Balaban J connectivity index is 0.00000338. The smallest absolute Gasteiger partial charge is 0.220 e. The molecule has 2 aliphatic heterocycles. The standard InChI is InChI=1S/C16H31N5O3S.HI/c1-4-17-15(18-7-9-25(23,24)20-13(2)3)21-8-5-6-16(12-21)10-14(22)19-11-16;/h13,20H,4-12H2,1-3H3,(H,17,18)(H,19,22);1H. The van der Waals surface area contributed by atoms with E-state index in [2.05, 4.69) is 25.2 Å². The number of likely N-dealkylation sites (tertiary alicyclic amines) is 1. The molecule has 0 aliphatic carbocycles. The summed E-state index contributed by atoms with van der Waals surface area (Å²) in [4.78, 5) is 18.3. The summed E-state index contributed by atoms with van der Waals surface area (Å²) in [6.07, 6.45) is 2.61. The van der Waals surface area contributed by atoms with Gasteiger partial charge in [0.15, 0.2) is 5.96 Å².